The van der Waals surface area contributed by atoms with Crippen molar-refractivity contribution in [2.45, 2.75) is 26.7 Å². The molecule has 4 rings (SSSR count). The van der Waals surface area contributed by atoms with Gasteiger partial charge in [-0.25, -0.2) is 4.68 Å². The summed E-state index contributed by atoms with van der Waals surface area (Å²) in [7, 11) is 0. The van der Waals surface area contributed by atoms with E-state index in [0.717, 1.165) is 34.6 Å². The summed E-state index contributed by atoms with van der Waals surface area (Å²) in [6.45, 7) is 5.56. The van der Waals surface area contributed by atoms with Gasteiger partial charge >= 0.3 is 0 Å². The first-order valence-electron chi connectivity index (χ1n) is 9.97. The predicted octanol–water partition coefficient (Wildman–Crippen LogP) is 3.82. The average molecular weight is 426 g/mol. The van der Waals surface area contributed by atoms with Crippen LogP contribution in [0.1, 0.15) is 22.5 Å². The van der Waals surface area contributed by atoms with E-state index in [4.69, 9.17) is 21.1 Å². The van der Waals surface area contributed by atoms with Gasteiger partial charge in [-0.3, -0.25) is 4.79 Å². The van der Waals surface area contributed by atoms with Crippen LogP contribution in [0.25, 0.3) is 5.69 Å². The van der Waals surface area contributed by atoms with Crippen molar-refractivity contribution in [3.8, 4) is 17.2 Å². The molecule has 30 heavy (non-hydrogen) atoms. The van der Waals surface area contributed by atoms with Gasteiger partial charge in [0.15, 0.2) is 11.5 Å². The van der Waals surface area contributed by atoms with E-state index in [0.29, 0.717) is 36.3 Å². The standard InChI is InChI=1S/C23H24ClN3O3/c1-15-11-16(2)27(26-15)19-5-3-17(4-6-19)7-8-25-22(28)14-18-12-20(24)23-21(13-18)29-9-10-30-23/h3-6,11-13H,7-10,14H2,1-2H3,(H,25,28). The maximum Gasteiger partial charge on any atom is 0.224 e. The lowest BCUT2D eigenvalue weighted by molar-refractivity contribution is -0.120. The van der Waals surface area contributed by atoms with E-state index in [2.05, 4.69) is 28.6 Å². The molecule has 1 amide bonds. The highest BCUT2D eigenvalue weighted by molar-refractivity contribution is 6.32. The molecule has 0 aliphatic carbocycles. The molecule has 1 aliphatic heterocycles. The van der Waals surface area contributed by atoms with Crippen molar-refractivity contribution in [3.05, 3.63) is 70.0 Å². The van der Waals surface area contributed by atoms with Gasteiger partial charge in [0, 0.05) is 12.2 Å². The molecule has 0 saturated heterocycles. The van der Waals surface area contributed by atoms with Gasteiger partial charge in [-0.15, -0.1) is 0 Å². The number of carbonyl (C=O) groups is 1. The zero-order chi connectivity index (χ0) is 21.1. The highest BCUT2D eigenvalue weighted by atomic mass is 35.5. The Morgan fingerprint density at radius 3 is 2.60 bits per heavy atom. The Labute approximate surface area is 180 Å². The van der Waals surface area contributed by atoms with Crippen LogP contribution in [0.5, 0.6) is 11.5 Å². The van der Waals surface area contributed by atoms with E-state index in [1.807, 2.05) is 36.7 Å². The zero-order valence-electron chi connectivity index (χ0n) is 17.1. The molecular formula is C23H24ClN3O3. The monoisotopic (exact) mass is 425 g/mol. The number of hydrogen-bond acceptors (Lipinski definition) is 4. The number of ether oxygens (including phenoxy) is 2. The SMILES string of the molecule is Cc1cc(C)n(-c2ccc(CCNC(=O)Cc3cc(Cl)c4c(c3)OCCO4)cc2)n1. The summed E-state index contributed by atoms with van der Waals surface area (Å²) in [5.41, 5.74) is 5.09. The Hall–Kier alpha value is -2.99. The molecule has 0 spiro atoms. The third-order valence-corrected chi connectivity index (χ3v) is 5.23. The lowest BCUT2D eigenvalue weighted by atomic mass is 10.1. The van der Waals surface area contributed by atoms with Gasteiger partial charge in [0.25, 0.3) is 0 Å². The van der Waals surface area contributed by atoms with Crippen LogP contribution in [-0.4, -0.2) is 35.4 Å². The number of hydrogen-bond donors (Lipinski definition) is 1. The summed E-state index contributed by atoms with van der Waals surface area (Å²) in [5.74, 6) is 1.09. The van der Waals surface area contributed by atoms with Crippen LogP contribution in [0, 0.1) is 13.8 Å². The Balaban J connectivity index is 1.30. The quantitative estimate of drug-likeness (QED) is 0.652. The Morgan fingerprint density at radius 1 is 1.10 bits per heavy atom. The molecule has 7 heteroatoms. The molecule has 6 nitrogen and oxygen atoms in total. The molecular weight excluding hydrogens is 402 g/mol. The number of halogens is 1. The first-order chi connectivity index (χ1) is 14.5. The van der Waals surface area contributed by atoms with Crippen molar-refractivity contribution in [3.63, 3.8) is 0 Å². The van der Waals surface area contributed by atoms with Crippen LogP contribution < -0.4 is 14.8 Å². The average Bonchev–Trinajstić information content (AvgIpc) is 3.06. The Bertz CT molecular complexity index is 1060. The van der Waals surface area contributed by atoms with Crippen molar-refractivity contribution in [2.75, 3.05) is 19.8 Å². The maximum atomic E-state index is 12.3. The topological polar surface area (TPSA) is 65.4 Å². The van der Waals surface area contributed by atoms with Crippen molar-refractivity contribution in [1.29, 1.82) is 0 Å². The number of carbonyl (C=O) groups excluding carboxylic acids is 1. The van der Waals surface area contributed by atoms with E-state index in [1.54, 1.807) is 6.07 Å². The summed E-state index contributed by atoms with van der Waals surface area (Å²) in [4.78, 5) is 12.3. The molecule has 156 valence electrons. The van der Waals surface area contributed by atoms with Crippen LogP contribution in [0.3, 0.4) is 0 Å². The van der Waals surface area contributed by atoms with Gasteiger partial charge in [-0.1, -0.05) is 23.7 Å². The predicted molar refractivity (Wildman–Crippen MR) is 116 cm³/mol. The van der Waals surface area contributed by atoms with Crippen LogP contribution >= 0.6 is 11.6 Å². The molecule has 2 heterocycles. The van der Waals surface area contributed by atoms with Gasteiger partial charge in [0.1, 0.15) is 13.2 Å². The fourth-order valence-corrected chi connectivity index (χ4v) is 3.84. The third kappa shape index (κ3) is 4.60. The van der Waals surface area contributed by atoms with Gasteiger partial charge < -0.3 is 14.8 Å². The smallest absolute Gasteiger partial charge is 0.224 e. The molecule has 0 saturated carbocycles. The van der Waals surface area contributed by atoms with Crippen molar-refractivity contribution < 1.29 is 14.3 Å². The largest absolute Gasteiger partial charge is 0.486 e. The number of nitrogens with one attached hydrogen (secondary N) is 1. The fraction of sp³-hybridized carbons (Fsp3) is 0.304. The minimum absolute atomic E-state index is 0.0537. The van der Waals surface area contributed by atoms with E-state index >= 15 is 0 Å². The fourth-order valence-electron chi connectivity index (χ4n) is 3.55. The molecule has 1 N–H and O–H groups in total. The first-order valence-corrected chi connectivity index (χ1v) is 10.3. The van der Waals surface area contributed by atoms with Crippen molar-refractivity contribution in [2.24, 2.45) is 0 Å². The first kappa shape index (κ1) is 20.3. The van der Waals surface area contributed by atoms with Gasteiger partial charge in [-0.2, -0.15) is 5.10 Å². The number of nitrogens with zero attached hydrogens (tertiary/aromatic N) is 2. The molecule has 0 fully saturated rings. The molecule has 0 unspecified atom stereocenters. The minimum Gasteiger partial charge on any atom is -0.486 e. The highest BCUT2D eigenvalue weighted by Gasteiger charge is 2.17. The van der Waals surface area contributed by atoms with Crippen LogP contribution in [0.15, 0.2) is 42.5 Å². The number of amides is 1. The van der Waals surface area contributed by atoms with Gasteiger partial charge in [0.05, 0.1) is 22.8 Å². The number of rotatable bonds is 6. The number of fused-ring (bicyclic) bond motifs is 1. The lowest BCUT2D eigenvalue weighted by Gasteiger charge is -2.20. The van der Waals surface area contributed by atoms with E-state index < -0.39 is 0 Å². The second-order valence-electron chi connectivity index (χ2n) is 7.38. The molecule has 1 aromatic heterocycles. The van der Waals surface area contributed by atoms with E-state index in [1.165, 1.54) is 0 Å². The molecule has 0 radical (unpaired) electrons. The molecule has 3 aromatic rings. The minimum atomic E-state index is -0.0537. The second-order valence-corrected chi connectivity index (χ2v) is 7.79. The Kier molecular flexibility index (Phi) is 5.95. The molecule has 2 aromatic carbocycles. The summed E-state index contributed by atoms with van der Waals surface area (Å²) in [6.07, 6.45) is 0.998. The summed E-state index contributed by atoms with van der Waals surface area (Å²) < 4.78 is 13.0. The van der Waals surface area contributed by atoms with E-state index in [-0.39, 0.29) is 12.3 Å². The number of aromatic nitrogens is 2. The van der Waals surface area contributed by atoms with Crippen LogP contribution in [0.4, 0.5) is 0 Å². The van der Waals surface area contributed by atoms with Crippen LogP contribution in [0.2, 0.25) is 5.02 Å². The summed E-state index contributed by atoms with van der Waals surface area (Å²) >= 11 is 6.24. The maximum absolute atomic E-state index is 12.3. The highest BCUT2D eigenvalue weighted by Crippen LogP contribution is 2.38. The zero-order valence-corrected chi connectivity index (χ0v) is 17.8. The molecule has 1 aliphatic rings. The molecule has 0 bridgehead atoms. The Morgan fingerprint density at radius 2 is 1.87 bits per heavy atom. The molecule has 0 atom stereocenters. The normalized spacial score (nSPS) is 12.6. The number of benzene rings is 2. The summed E-state index contributed by atoms with van der Waals surface area (Å²) in [5, 5.41) is 7.94. The van der Waals surface area contributed by atoms with E-state index in [9.17, 15) is 4.79 Å². The lowest BCUT2D eigenvalue weighted by Crippen LogP contribution is -2.27. The van der Waals surface area contributed by atoms with Gasteiger partial charge in [-0.05, 0) is 61.7 Å². The number of aryl methyl sites for hydroxylation is 2. The third-order valence-electron chi connectivity index (χ3n) is 4.95. The van der Waals surface area contributed by atoms with Crippen molar-refractivity contribution >= 4 is 17.5 Å². The second kappa shape index (κ2) is 8.79. The van der Waals surface area contributed by atoms with Crippen LogP contribution in [-0.2, 0) is 17.6 Å². The van der Waals surface area contributed by atoms with Crippen molar-refractivity contribution in [1.82, 2.24) is 15.1 Å². The van der Waals surface area contributed by atoms with Gasteiger partial charge in [0.2, 0.25) is 5.91 Å². The summed E-state index contributed by atoms with van der Waals surface area (Å²) in [6, 6.07) is 13.9.